The maximum absolute atomic E-state index is 2.12. The van der Waals surface area contributed by atoms with Crippen molar-refractivity contribution in [2.45, 2.75) is 10.6 Å². The fraction of sp³-hybridized carbons (Fsp3) is 0.400. The van der Waals surface area contributed by atoms with Crippen molar-refractivity contribution in [1.82, 2.24) is 0 Å². The molecule has 0 aromatic carbocycles. The van der Waals surface area contributed by atoms with Gasteiger partial charge in [-0.1, -0.05) is 0 Å². The SMILES string of the molecule is C1CSC2=C(S1)SC(=C1SC3=C(S1)[Se]CC[Se]3)S2. The van der Waals surface area contributed by atoms with Gasteiger partial charge in [-0.3, -0.25) is 0 Å². The molecule has 0 radical (unpaired) electrons. The zero-order valence-electron chi connectivity index (χ0n) is 9.09. The third-order valence-corrected chi connectivity index (χ3v) is 19.3. The first-order valence-electron chi connectivity index (χ1n) is 5.35. The van der Waals surface area contributed by atoms with E-state index < -0.39 is 0 Å². The summed E-state index contributed by atoms with van der Waals surface area (Å²) in [6.07, 6.45) is 0. The van der Waals surface area contributed by atoms with Crippen molar-refractivity contribution in [3.63, 3.8) is 0 Å². The van der Waals surface area contributed by atoms with Crippen LogP contribution in [0.5, 0.6) is 0 Å². The summed E-state index contributed by atoms with van der Waals surface area (Å²) in [6, 6.07) is 0. The molecule has 0 N–H and O–H groups in total. The molecule has 0 spiro atoms. The Morgan fingerprint density at radius 2 is 1.11 bits per heavy atom. The number of rotatable bonds is 0. The summed E-state index contributed by atoms with van der Waals surface area (Å²) in [6.45, 7) is 0. The molecule has 0 saturated heterocycles. The molecule has 4 rings (SSSR count). The zero-order chi connectivity index (χ0) is 11.9. The van der Waals surface area contributed by atoms with Gasteiger partial charge in [0, 0.05) is 0 Å². The van der Waals surface area contributed by atoms with Gasteiger partial charge in [0.2, 0.25) is 0 Å². The molecule has 0 bridgehead atoms. The fourth-order valence-electron chi connectivity index (χ4n) is 1.60. The van der Waals surface area contributed by atoms with Crippen molar-refractivity contribution in [3.8, 4) is 0 Å². The van der Waals surface area contributed by atoms with E-state index in [0.29, 0.717) is 0 Å². The predicted molar refractivity (Wildman–Crippen MR) is 97.5 cm³/mol. The van der Waals surface area contributed by atoms with Crippen molar-refractivity contribution in [3.05, 3.63) is 24.6 Å². The minimum atomic E-state index is 0.791. The van der Waals surface area contributed by atoms with Gasteiger partial charge in [0.1, 0.15) is 0 Å². The van der Waals surface area contributed by atoms with Gasteiger partial charge in [-0.05, 0) is 0 Å². The van der Waals surface area contributed by atoms with E-state index in [-0.39, 0.29) is 0 Å². The van der Waals surface area contributed by atoms with Crippen molar-refractivity contribution < 1.29 is 0 Å². The van der Waals surface area contributed by atoms with E-state index in [4.69, 9.17) is 0 Å². The summed E-state index contributed by atoms with van der Waals surface area (Å²) < 4.78 is 9.90. The molecule has 18 heavy (non-hydrogen) atoms. The number of hydrogen-bond acceptors (Lipinski definition) is 6. The van der Waals surface area contributed by atoms with Gasteiger partial charge in [0.15, 0.2) is 0 Å². The summed E-state index contributed by atoms with van der Waals surface area (Å²) in [5, 5.41) is 2.98. The third-order valence-electron chi connectivity index (χ3n) is 2.34. The van der Waals surface area contributed by atoms with Crippen LogP contribution in [0.1, 0.15) is 0 Å². The monoisotopic (exact) mass is 480 g/mol. The first-order valence-corrected chi connectivity index (χ1v) is 14.7. The van der Waals surface area contributed by atoms with Gasteiger partial charge < -0.3 is 0 Å². The van der Waals surface area contributed by atoms with Crippen molar-refractivity contribution in [2.75, 3.05) is 11.5 Å². The van der Waals surface area contributed by atoms with Crippen molar-refractivity contribution in [1.29, 1.82) is 0 Å². The van der Waals surface area contributed by atoms with Crippen LogP contribution in [0.3, 0.4) is 0 Å². The summed E-state index contributed by atoms with van der Waals surface area (Å²) in [5.41, 5.74) is 0. The van der Waals surface area contributed by atoms with E-state index in [1.54, 1.807) is 24.6 Å². The Kier molecular flexibility index (Phi) is 4.84. The van der Waals surface area contributed by atoms with Gasteiger partial charge in [0.25, 0.3) is 0 Å². The standard InChI is InChI=1S/C10H8S6Se2/c1-2-12-6-5(11-1)13-7(14-6)8-15-9-10(16-8)18-4-3-17-9/h1-4H2. The van der Waals surface area contributed by atoms with Crippen molar-refractivity contribution in [2.24, 2.45) is 0 Å². The van der Waals surface area contributed by atoms with Gasteiger partial charge in [-0.15, -0.1) is 0 Å². The van der Waals surface area contributed by atoms with Crippen LogP contribution < -0.4 is 0 Å². The molecule has 4 heterocycles. The van der Waals surface area contributed by atoms with E-state index >= 15 is 0 Å². The molecule has 4 aliphatic rings. The summed E-state index contributed by atoms with van der Waals surface area (Å²) in [7, 11) is 0. The van der Waals surface area contributed by atoms with Crippen LogP contribution in [0.15, 0.2) is 24.6 Å². The number of hydrogen-bond donors (Lipinski definition) is 0. The molecule has 0 aromatic rings. The second-order valence-electron chi connectivity index (χ2n) is 3.53. The van der Waals surface area contributed by atoms with E-state index in [9.17, 15) is 0 Å². The molecule has 0 fully saturated rings. The first-order chi connectivity index (χ1) is 8.90. The average Bonchev–Trinajstić information content (AvgIpc) is 3.02. The topological polar surface area (TPSA) is 0 Å². The molecule has 4 aliphatic heterocycles. The van der Waals surface area contributed by atoms with Crippen molar-refractivity contribution >= 4 is 100 Å². The van der Waals surface area contributed by atoms with E-state index in [1.165, 1.54) is 22.1 Å². The zero-order valence-corrected chi connectivity index (χ0v) is 17.4. The van der Waals surface area contributed by atoms with Crippen LogP contribution in [-0.4, -0.2) is 41.4 Å². The third kappa shape index (κ3) is 2.81. The molecule has 0 amide bonds. The quantitative estimate of drug-likeness (QED) is 0.443. The Hall–Kier alpha value is 2.36. The fourth-order valence-corrected chi connectivity index (χ4v) is 19.1. The normalized spacial score (nSPS) is 28.0. The Balaban J connectivity index is 1.54. The number of thioether (sulfide) groups is 6. The molecule has 0 aromatic heterocycles. The summed E-state index contributed by atoms with van der Waals surface area (Å²) >= 11 is 14.0. The van der Waals surface area contributed by atoms with E-state index in [0.717, 1.165) is 29.9 Å². The van der Waals surface area contributed by atoms with Gasteiger partial charge in [0.05, 0.1) is 0 Å². The van der Waals surface area contributed by atoms with E-state index in [1.807, 2.05) is 23.5 Å². The molecule has 96 valence electrons. The van der Waals surface area contributed by atoms with Crippen LogP contribution in [0.4, 0.5) is 0 Å². The Morgan fingerprint density at radius 1 is 0.611 bits per heavy atom. The maximum atomic E-state index is 2.12. The summed E-state index contributed by atoms with van der Waals surface area (Å²) in [5.74, 6) is 2.59. The van der Waals surface area contributed by atoms with Gasteiger partial charge >= 0.3 is 147 Å². The average molecular weight is 478 g/mol. The molecule has 0 unspecified atom stereocenters. The van der Waals surface area contributed by atoms with Crippen LogP contribution >= 0.6 is 70.6 Å². The molecular weight excluding hydrogens is 470 g/mol. The Bertz CT molecular complexity index is 411. The first kappa shape index (κ1) is 14.0. The van der Waals surface area contributed by atoms with Crippen LogP contribution in [-0.2, 0) is 0 Å². The van der Waals surface area contributed by atoms with Crippen LogP contribution in [0, 0.1) is 0 Å². The van der Waals surface area contributed by atoms with Crippen LogP contribution in [0.2, 0.25) is 10.6 Å². The predicted octanol–water partition coefficient (Wildman–Crippen LogP) is 5.06. The Morgan fingerprint density at radius 3 is 1.67 bits per heavy atom. The second-order valence-corrected chi connectivity index (χ2v) is 16.7. The Labute approximate surface area is 145 Å². The van der Waals surface area contributed by atoms with Crippen LogP contribution in [0.25, 0.3) is 0 Å². The minimum absolute atomic E-state index is 0.791. The second kappa shape index (κ2) is 6.23. The molecule has 0 saturated carbocycles. The summed E-state index contributed by atoms with van der Waals surface area (Å²) in [4.78, 5) is 0. The molecule has 0 aliphatic carbocycles. The molecule has 0 nitrogen and oxygen atoms in total. The molecule has 0 atom stereocenters. The van der Waals surface area contributed by atoms with E-state index in [2.05, 4.69) is 47.0 Å². The van der Waals surface area contributed by atoms with Gasteiger partial charge in [-0.25, -0.2) is 0 Å². The molecular formula is C10H8S6Se2. The van der Waals surface area contributed by atoms with Gasteiger partial charge in [-0.2, -0.15) is 0 Å². The molecule has 8 heteroatoms.